The number of hydrogen-bond acceptors (Lipinski definition) is 6. The van der Waals surface area contributed by atoms with Crippen LogP contribution in [0, 0.1) is 5.82 Å². The number of sulfonamides is 1. The van der Waals surface area contributed by atoms with E-state index in [4.69, 9.17) is 0 Å². The van der Waals surface area contributed by atoms with E-state index in [1.165, 1.54) is 32.7 Å². The Kier molecular flexibility index (Phi) is 5.32. The molecule has 1 aliphatic heterocycles. The lowest BCUT2D eigenvalue weighted by molar-refractivity contribution is -0.121. The molecule has 2 aromatic heterocycles. The highest BCUT2D eigenvalue weighted by Gasteiger charge is 2.39. The number of carbonyl (C=O) groups excluding carboxylic acids is 1. The van der Waals surface area contributed by atoms with Crippen molar-refractivity contribution in [2.45, 2.75) is 25.4 Å². The Labute approximate surface area is 171 Å². The summed E-state index contributed by atoms with van der Waals surface area (Å²) in [4.78, 5) is 23.5. The van der Waals surface area contributed by atoms with Crippen LogP contribution in [0.2, 0.25) is 0 Å². The van der Waals surface area contributed by atoms with Gasteiger partial charge in [0.1, 0.15) is 11.9 Å². The van der Waals surface area contributed by atoms with Crippen LogP contribution in [0.3, 0.4) is 0 Å². The molecule has 0 aliphatic carbocycles. The molecule has 1 aromatic carbocycles. The molecule has 3 aromatic rings. The van der Waals surface area contributed by atoms with Crippen molar-refractivity contribution in [3.63, 3.8) is 0 Å². The number of nitrogens with zero attached hydrogens (tertiary/aromatic N) is 4. The van der Waals surface area contributed by atoms with Crippen LogP contribution >= 0.6 is 11.3 Å². The lowest BCUT2D eigenvalue weighted by atomic mass is 10.2. The molecular formula is C19H19FN4O3S2. The quantitative estimate of drug-likeness (QED) is 0.617. The minimum Gasteiger partial charge on any atom is -0.282 e. The zero-order valence-electron chi connectivity index (χ0n) is 15.7. The molecule has 3 heterocycles. The smallest absolute Gasteiger partial charge is 0.247 e. The van der Waals surface area contributed by atoms with Crippen LogP contribution in [-0.4, -0.2) is 47.4 Å². The number of fused-ring (bicyclic) bond motifs is 1. The van der Waals surface area contributed by atoms with Crippen LogP contribution in [0.5, 0.6) is 0 Å². The second-order valence-electron chi connectivity index (χ2n) is 6.93. The summed E-state index contributed by atoms with van der Waals surface area (Å²) >= 11 is 1.20. The first-order chi connectivity index (χ1) is 13.8. The van der Waals surface area contributed by atoms with Gasteiger partial charge in [-0.2, -0.15) is 4.31 Å². The van der Waals surface area contributed by atoms with E-state index in [-0.39, 0.29) is 18.3 Å². The van der Waals surface area contributed by atoms with Crippen LogP contribution < -0.4 is 4.90 Å². The predicted octanol–water partition coefficient (Wildman–Crippen LogP) is 2.79. The number of aromatic nitrogens is 2. The van der Waals surface area contributed by atoms with E-state index in [1.54, 1.807) is 24.5 Å². The van der Waals surface area contributed by atoms with Crippen molar-refractivity contribution >= 4 is 42.6 Å². The standard InChI is InChI=1S/C19H19FN4O3S2/c1-29(26,27)24-9-3-5-16(24)18(25)23(12-13-4-2-8-21-11-13)19-22-15-7-6-14(20)10-17(15)28-19/h2,4,6-8,10-11,16H,3,5,9,12H2,1H3. The third-order valence-corrected chi connectivity index (χ3v) is 7.14. The maximum absolute atomic E-state index is 13.6. The number of hydrogen-bond donors (Lipinski definition) is 0. The first-order valence-electron chi connectivity index (χ1n) is 9.06. The Hall–Kier alpha value is -2.43. The number of anilines is 1. The minimum atomic E-state index is -3.51. The molecule has 0 saturated carbocycles. The molecule has 152 valence electrons. The third-order valence-electron chi connectivity index (χ3n) is 4.81. The average molecular weight is 435 g/mol. The molecule has 4 rings (SSSR count). The Morgan fingerprint density at radius 2 is 2.21 bits per heavy atom. The van der Waals surface area contributed by atoms with Crippen molar-refractivity contribution in [1.29, 1.82) is 0 Å². The van der Waals surface area contributed by atoms with E-state index < -0.39 is 16.1 Å². The van der Waals surface area contributed by atoms with Gasteiger partial charge in [0, 0.05) is 18.9 Å². The van der Waals surface area contributed by atoms with Crippen molar-refractivity contribution in [2.75, 3.05) is 17.7 Å². The number of amides is 1. The number of pyridine rings is 1. The van der Waals surface area contributed by atoms with Crippen LogP contribution in [0.1, 0.15) is 18.4 Å². The number of thiazole rings is 1. The molecule has 1 amide bonds. The number of carbonyl (C=O) groups is 1. The molecule has 0 bridgehead atoms. The first kappa shape index (κ1) is 19.9. The maximum atomic E-state index is 13.6. The zero-order valence-corrected chi connectivity index (χ0v) is 17.3. The number of benzene rings is 1. The van der Waals surface area contributed by atoms with Gasteiger partial charge in [0.15, 0.2) is 5.13 Å². The number of rotatable bonds is 5. The maximum Gasteiger partial charge on any atom is 0.247 e. The summed E-state index contributed by atoms with van der Waals surface area (Å²) in [6, 6.07) is 7.09. The molecule has 0 radical (unpaired) electrons. The Morgan fingerprint density at radius 1 is 1.38 bits per heavy atom. The summed E-state index contributed by atoms with van der Waals surface area (Å²) in [7, 11) is -3.51. The van der Waals surface area contributed by atoms with Gasteiger partial charge >= 0.3 is 0 Å². The van der Waals surface area contributed by atoms with Crippen molar-refractivity contribution < 1.29 is 17.6 Å². The predicted molar refractivity (Wildman–Crippen MR) is 110 cm³/mol. The summed E-state index contributed by atoms with van der Waals surface area (Å²) in [5, 5.41) is 0.403. The van der Waals surface area contributed by atoms with Crippen LogP contribution in [0.4, 0.5) is 9.52 Å². The molecule has 0 spiro atoms. The molecular weight excluding hydrogens is 415 g/mol. The Morgan fingerprint density at radius 3 is 2.93 bits per heavy atom. The van der Waals surface area contributed by atoms with Gasteiger partial charge in [0.2, 0.25) is 15.9 Å². The van der Waals surface area contributed by atoms with E-state index in [0.717, 1.165) is 11.8 Å². The van der Waals surface area contributed by atoms with Crippen molar-refractivity contribution in [2.24, 2.45) is 0 Å². The van der Waals surface area contributed by atoms with E-state index in [1.807, 2.05) is 6.07 Å². The van der Waals surface area contributed by atoms with Gasteiger partial charge < -0.3 is 0 Å². The molecule has 1 aliphatic rings. The third kappa shape index (κ3) is 4.14. The molecule has 1 unspecified atom stereocenters. The Bertz CT molecular complexity index is 1150. The number of halogens is 1. The molecule has 29 heavy (non-hydrogen) atoms. The fraction of sp³-hybridized carbons (Fsp3) is 0.316. The minimum absolute atomic E-state index is 0.197. The molecule has 1 atom stereocenters. The highest BCUT2D eigenvalue weighted by Crippen LogP contribution is 2.32. The van der Waals surface area contributed by atoms with E-state index >= 15 is 0 Å². The van der Waals surface area contributed by atoms with E-state index in [9.17, 15) is 17.6 Å². The SMILES string of the molecule is CS(=O)(=O)N1CCCC1C(=O)N(Cc1cccnc1)c1nc2ccc(F)cc2s1. The van der Waals surface area contributed by atoms with Gasteiger partial charge in [-0.3, -0.25) is 14.7 Å². The summed E-state index contributed by atoms with van der Waals surface area (Å²) in [6.07, 6.45) is 5.48. The fourth-order valence-electron chi connectivity index (χ4n) is 3.48. The summed E-state index contributed by atoms with van der Waals surface area (Å²) in [6.45, 7) is 0.518. The summed E-state index contributed by atoms with van der Waals surface area (Å²) in [5.74, 6) is -0.715. The van der Waals surface area contributed by atoms with Gasteiger partial charge in [-0.1, -0.05) is 17.4 Å². The van der Waals surface area contributed by atoms with Gasteiger partial charge in [-0.15, -0.1) is 0 Å². The van der Waals surface area contributed by atoms with Gasteiger partial charge in [0.25, 0.3) is 0 Å². The van der Waals surface area contributed by atoms with E-state index in [2.05, 4.69) is 9.97 Å². The monoisotopic (exact) mass is 434 g/mol. The van der Waals surface area contributed by atoms with Crippen molar-refractivity contribution in [3.8, 4) is 0 Å². The van der Waals surface area contributed by atoms with Gasteiger partial charge in [-0.05, 0) is 42.7 Å². The van der Waals surface area contributed by atoms with Crippen molar-refractivity contribution in [3.05, 3.63) is 54.1 Å². The molecule has 10 heteroatoms. The lowest BCUT2D eigenvalue weighted by Crippen LogP contribution is -2.47. The highest BCUT2D eigenvalue weighted by molar-refractivity contribution is 7.88. The fourth-order valence-corrected chi connectivity index (χ4v) is 5.59. The van der Waals surface area contributed by atoms with Crippen molar-refractivity contribution in [1.82, 2.24) is 14.3 Å². The second-order valence-corrected chi connectivity index (χ2v) is 9.87. The van der Waals surface area contributed by atoms with Crippen LogP contribution in [0.15, 0.2) is 42.7 Å². The zero-order chi connectivity index (χ0) is 20.6. The molecule has 0 N–H and O–H groups in total. The molecule has 1 fully saturated rings. The van der Waals surface area contributed by atoms with Crippen LogP contribution in [-0.2, 0) is 21.4 Å². The second kappa shape index (κ2) is 7.77. The topological polar surface area (TPSA) is 83.5 Å². The summed E-state index contributed by atoms with van der Waals surface area (Å²) < 4.78 is 39.7. The molecule has 1 saturated heterocycles. The van der Waals surface area contributed by atoms with Gasteiger partial charge in [0.05, 0.1) is 23.0 Å². The van der Waals surface area contributed by atoms with Crippen LogP contribution in [0.25, 0.3) is 10.2 Å². The lowest BCUT2D eigenvalue weighted by Gasteiger charge is -2.27. The molecule has 7 nitrogen and oxygen atoms in total. The average Bonchev–Trinajstić information content (AvgIpc) is 3.33. The Balaban J connectivity index is 1.74. The highest BCUT2D eigenvalue weighted by atomic mass is 32.2. The largest absolute Gasteiger partial charge is 0.282 e. The van der Waals surface area contributed by atoms with Gasteiger partial charge in [-0.25, -0.2) is 17.8 Å². The summed E-state index contributed by atoms with van der Waals surface area (Å²) in [5.41, 5.74) is 1.37. The normalized spacial score (nSPS) is 17.7. The first-order valence-corrected chi connectivity index (χ1v) is 11.7. The van der Waals surface area contributed by atoms with E-state index in [0.29, 0.717) is 34.7 Å².